The standard InChI is InChI=1S/C17H27FN4O.HI/c1-12(2)22-16(23)8-10-21-17(19-4)20-9-7-14-5-6-15(18)11-13(14)3;/h5-6,11-12H,7-10H2,1-4H3,(H,22,23)(H2,19,20,21);1H. The highest BCUT2D eigenvalue weighted by Gasteiger charge is 2.04. The van der Waals surface area contributed by atoms with E-state index in [0.29, 0.717) is 25.5 Å². The van der Waals surface area contributed by atoms with Crippen molar-refractivity contribution in [1.82, 2.24) is 16.0 Å². The van der Waals surface area contributed by atoms with Gasteiger partial charge in [0.1, 0.15) is 5.82 Å². The molecule has 0 spiro atoms. The third kappa shape index (κ3) is 9.05. The highest BCUT2D eigenvalue weighted by Crippen LogP contribution is 2.10. The molecular formula is C17H28FIN4O. The molecule has 7 heteroatoms. The number of carbonyl (C=O) groups excluding carboxylic acids is 1. The van der Waals surface area contributed by atoms with Crippen LogP contribution in [0.15, 0.2) is 23.2 Å². The maximum atomic E-state index is 13.1. The molecule has 0 heterocycles. The molecular weight excluding hydrogens is 422 g/mol. The van der Waals surface area contributed by atoms with Gasteiger partial charge in [0.15, 0.2) is 5.96 Å². The van der Waals surface area contributed by atoms with Crippen LogP contribution in [-0.4, -0.2) is 38.0 Å². The Labute approximate surface area is 160 Å². The van der Waals surface area contributed by atoms with Crippen LogP contribution < -0.4 is 16.0 Å². The van der Waals surface area contributed by atoms with Crippen molar-refractivity contribution in [2.24, 2.45) is 4.99 Å². The predicted molar refractivity (Wildman–Crippen MR) is 108 cm³/mol. The number of amides is 1. The lowest BCUT2D eigenvalue weighted by molar-refractivity contribution is -0.121. The number of benzene rings is 1. The predicted octanol–water partition coefficient (Wildman–Crippen LogP) is 2.37. The lowest BCUT2D eigenvalue weighted by atomic mass is 10.1. The summed E-state index contributed by atoms with van der Waals surface area (Å²) in [5.74, 6) is 0.461. The van der Waals surface area contributed by atoms with Crippen molar-refractivity contribution >= 4 is 35.8 Å². The molecule has 3 N–H and O–H groups in total. The second-order valence-electron chi connectivity index (χ2n) is 5.72. The summed E-state index contributed by atoms with van der Waals surface area (Å²) in [6, 6.07) is 4.97. The van der Waals surface area contributed by atoms with Crippen LogP contribution in [-0.2, 0) is 11.2 Å². The molecule has 1 aromatic rings. The van der Waals surface area contributed by atoms with Crippen molar-refractivity contribution in [1.29, 1.82) is 0 Å². The van der Waals surface area contributed by atoms with E-state index in [-0.39, 0.29) is 41.7 Å². The Morgan fingerprint density at radius 3 is 2.50 bits per heavy atom. The number of aliphatic imine (C=N–C) groups is 1. The van der Waals surface area contributed by atoms with Crippen molar-refractivity contribution in [3.8, 4) is 0 Å². The second kappa shape index (κ2) is 12.0. The maximum Gasteiger partial charge on any atom is 0.221 e. The van der Waals surface area contributed by atoms with Gasteiger partial charge in [-0.15, -0.1) is 24.0 Å². The topological polar surface area (TPSA) is 65.5 Å². The van der Waals surface area contributed by atoms with Gasteiger partial charge in [-0.2, -0.15) is 0 Å². The Morgan fingerprint density at radius 2 is 1.92 bits per heavy atom. The molecule has 0 aliphatic carbocycles. The first kappa shape index (κ1) is 22.6. The number of rotatable bonds is 7. The minimum Gasteiger partial charge on any atom is -0.356 e. The van der Waals surface area contributed by atoms with Gasteiger partial charge in [0.25, 0.3) is 0 Å². The van der Waals surface area contributed by atoms with Crippen LogP contribution in [0.3, 0.4) is 0 Å². The molecule has 0 saturated heterocycles. The van der Waals surface area contributed by atoms with E-state index in [0.717, 1.165) is 17.5 Å². The molecule has 0 aromatic heterocycles. The fourth-order valence-electron chi connectivity index (χ4n) is 2.16. The molecule has 136 valence electrons. The van der Waals surface area contributed by atoms with Gasteiger partial charge in [-0.1, -0.05) is 6.07 Å². The van der Waals surface area contributed by atoms with Crippen LogP contribution in [0.5, 0.6) is 0 Å². The van der Waals surface area contributed by atoms with Crippen molar-refractivity contribution in [2.75, 3.05) is 20.1 Å². The normalized spacial score (nSPS) is 11.0. The zero-order valence-electron chi connectivity index (χ0n) is 14.8. The van der Waals surface area contributed by atoms with Gasteiger partial charge >= 0.3 is 0 Å². The lowest BCUT2D eigenvalue weighted by Gasteiger charge is -2.13. The van der Waals surface area contributed by atoms with E-state index in [2.05, 4.69) is 20.9 Å². The summed E-state index contributed by atoms with van der Waals surface area (Å²) in [5, 5.41) is 9.13. The number of guanidine groups is 1. The van der Waals surface area contributed by atoms with Gasteiger partial charge in [0.05, 0.1) is 0 Å². The molecule has 0 bridgehead atoms. The monoisotopic (exact) mass is 450 g/mol. The van der Waals surface area contributed by atoms with Gasteiger partial charge in [0.2, 0.25) is 5.91 Å². The number of nitrogens with one attached hydrogen (secondary N) is 3. The first-order valence-electron chi connectivity index (χ1n) is 7.91. The highest BCUT2D eigenvalue weighted by molar-refractivity contribution is 14.0. The summed E-state index contributed by atoms with van der Waals surface area (Å²) in [5.41, 5.74) is 2.05. The summed E-state index contributed by atoms with van der Waals surface area (Å²) < 4.78 is 13.1. The number of halogens is 2. The summed E-state index contributed by atoms with van der Waals surface area (Å²) in [6.07, 6.45) is 1.18. The average molecular weight is 450 g/mol. The molecule has 5 nitrogen and oxygen atoms in total. The third-order valence-corrected chi connectivity index (χ3v) is 3.31. The molecule has 0 unspecified atom stereocenters. The minimum absolute atomic E-state index is 0. The molecule has 0 fully saturated rings. The molecule has 24 heavy (non-hydrogen) atoms. The van der Waals surface area contributed by atoms with Crippen LogP contribution in [0.4, 0.5) is 4.39 Å². The van der Waals surface area contributed by atoms with E-state index in [1.165, 1.54) is 12.1 Å². The van der Waals surface area contributed by atoms with Crippen LogP contribution in [0.2, 0.25) is 0 Å². The van der Waals surface area contributed by atoms with Gasteiger partial charge < -0.3 is 16.0 Å². The molecule has 0 aliphatic rings. The molecule has 1 amide bonds. The zero-order valence-corrected chi connectivity index (χ0v) is 17.1. The lowest BCUT2D eigenvalue weighted by Crippen LogP contribution is -2.40. The number of carbonyl (C=O) groups is 1. The summed E-state index contributed by atoms with van der Waals surface area (Å²) in [4.78, 5) is 15.7. The summed E-state index contributed by atoms with van der Waals surface area (Å²) >= 11 is 0. The summed E-state index contributed by atoms with van der Waals surface area (Å²) in [6.45, 7) is 6.98. The smallest absolute Gasteiger partial charge is 0.221 e. The number of aryl methyl sites for hydroxylation is 1. The van der Waals surface area contributed by atoms with Gasteiger partial charge in [0, 0.05) is 32.6 Å². The first-order valence-corrected chi connectivity index (χ1v) is 7.91. The number of nitrogens with zero attached hydrogens (tertiary/aromatic N) is 1. The van der Waals surface area contributed by atoms with E-state index in [1.807, 2.05) is 20.8 Å². The highest BCUT2D eigenvalue weighted by atomic mass is 127. The van der Waals surface area contributed by atoms with Crippen molar-refractivity contribution in [3.63, 3.8) is 0 Å². The van der Waals surface area contributed by atoms with Crippen molar-refractivity contribution in [3.05, 3.63) is 35.1 Å². The average Bonchev–Trinajstić information content (AvgIpc) is 2.47. The first-order chi connectivity index (χ1) is 10.9. The molecule has 1 rings (SSSR count). The molecule has 0 radical (unpaired) electrons. The largest absolute Gasteiger partial charge is 0.356 e. The quantitative estimate of drug-likeness (QED) is 0.340. The third-order valence-electron chi connectivity index (χ3n) is 3.31. The van der Waals surface area contributed by atoms with Crippen molar-refractivity contribution < 1.29 is 9.18 Å². The van der Waals surface area contributed by atoms with E-state index < -0.39 is 0 Å². The SMILES string of the molecule is CN=C(NCCC(=O)NC(C)C)NCCc1ccc(F)cc1C.I. The molecule has 1 aromatic carbocycles. The zero-order chi connectivity index (χ0) is 17.2. The number of hydrogen-bond acceptors (Lipinski definition) is 2. The Balaban J connectivity index is 0.00000529. The number of hydrogen-bond donors (Lipinski definition) is 3. The fraction of sp³-hybridized carbons (Fsp3) is 0.529. The van der Waals surface area contributed by atoms with Gasteiger partial charge in [-0.05, 0) is 50.5 Å². The Hall–Kier alpha value is -1.38. The maximum absolute atomic E-state index is 13.1. The Kier molecular flexibility index (Phi) is 11.4. The fourth-order valence-corrected chi connectivity index (χ4v) is 2.16. The minimum atomic E-state index is -0.212. The van der Waals surface area contributed by atoms with Crippen LogP contribution >= 0.6 is 24.0 Å². The second-order valence-corrected chi connectivity index (χ2v) is 5.72. The van der Waals surface area contributed by atoms with E-state index in [4.69, 9.17) is 0 Å². The van der Waals surface area contributed by atoms with Gasteiger partial charge in [-0.25, -0.2) is 4.39 Å². The Bertz CT molecular complexity index is 549. The van der Waals surface area contributed by atoms with E-state index in [9.17, 15) is 9.18 Å². The Morgan fingerprint density at radius 1 is 1.25 bits per heavy atom. The van der Waals surface area contributed by atoms with Crippen molar-refractivity contribution in [2.45, 2.75) is 39.7 Å². The molecule has 0 saturated carbocycles. The van der Waals surface area contributed by atoms with Crippen LogP contribution in [0.1, 0.15) is 31.4 Å². The molecule has 0 aliphatic heterocycles. The van der Waals surface area contributed by atoms with E-state index in [1.54, 1.807) is 13.1 Å². The van der Waals surface area contributed by atoms with Gasteiger partial charge in [-0.3, -0.25) is 9.79 Å². The van der Waals surface area contributed by atoms with Crippen LogP contribution in [0.25, 0.3) is 0 Å². The molecule has 0 atom stereocenters. The summed E-state index contributed by atoms with van der Waals surface area (Å²) in [7, 11) is 1.69. The van der Waals surface area contributed by atoms with Crippen LogP contribution in [0, 0.1) is 12.7 Å². The van der Waals surface area contributed by atoms with E-state index >= 15 is 0 Å².